The molecule has 0 rings (SSSR count). The van der Waals surface area contributed by atoms with Crippen molar-refractivity contribution in [2.45, 2.75) is 6.18 Å². The fraction of sp³-hybridized carbons (Fsp3) is 0.500. The second-order valence-corrected chi connectivity index (χ2v) is 3.09. The molecule has 0 bridgehead atoms. The Morgan fingerprint density at radius 3 is 2.12 bits per heavy atom. The van der Waals surface area contributed by atoms with Crippen LogP contribution < -0.4 is 5.32 Å². The van der Waals surface area contributed by atoms with Gasteiger partial charge in [0, 0.05) is 13.1 Å². The van der Waals surface area contributed by atoms with E-state index in [4.69, 9.17) is 0 Å². The number of carbonyl (C=O) groups excluding carboxylic acids is 1. The lowest BCUT2D eigenvalue weighted by Crippen LogP contribution is -2.41. The molecule has 0 aromatic rings. The molecular weight excluding hydrogens is 221 g/mol. The number of nitrogens with zero attached hydrogens (tertiary/aromatic N) is 1. The summed E-state index contributed by atoms with van der Waals surface area (Å²) in [5.74, 6) is -0.413. The Bertz CT molecular complexity index is 241. The van der Waals surface area contributed by atoms with Crippen molar-refractivity contribution < 1.29 is 18.0 Å². The predicted octanol–water partition coefficient (Wildman–Crippen LogP) is 1.34. The predicted molar refractivity (Wildman–Crippen MR) is 55.9 cm³/mol. The third-order valence-electron chi connectivity index (χ3n) is 1.65. The van der Waals surface area contributed by atoms with Crippen LogP contribution in [0, 0.1) is 0 Å². The van der Waals surface area contributed by atoms with Crippen molar-refractivity contribution in [3.63, 3.8) is 0 Å². The summed E-state index contributed by atoms with van der Waals surface area (Å²) in [6, 6.07) is 0. The van der Waals surface area contributed by atoms with Gasteiger partial charge < -0.3 is 10.2 Å². The summed E-state index contributed by atoms with van der Waals surface area (Å²) in [6.45, 7) is 5.97. The molecule has 0 aliphatic heterocycles. The van der Waals surface area contributed by atoms with Gasteiger partial charge in [0.25, 0.3) is 0 Å². The fourth-order valence-corrected chi connectivity index (χ4v) is 1.01. The first-order valence-electron chi connectivity index (χ1n) is 4.67. The minimum Gasteiger partial charge on any atom is -0.334 e. The maximum absolute atomic E-state index is 11.8. The van der Waals surface area contributed by atoms with Crippen LogP contribution in [0.3, 0.4) is 0 Å². The zero-order valence-electron chi connectivity index (χ0n) is 8.89. The van der Waals surface area contributed by atoms with Gasteiger partial charge in [-0.25, -0.2) is 0 Å². The van der Waals surface area contributed by atoms with Crippen molar-refractivity contribution in [1.29, 1.82) is 0 Å². The van der Waals surface area contributed by atoms with Crippen LogP contribution in [-0.4, -0.2) is 43.2 Å². The zero-order valence-corrected chi connectivity index (χ0v) is 8.89. The van der Waals surface area contributed by atoms with Gasteiger partial charge in [-0.05, 0) is 0 Å². The van der Waals surface area contributed by atoms with Crippen LogP contribution in [0.15, 0.2) is 25.3 Å². The normalized spacial score (nSPS) is 10.9. The highest BCUT2D eigenvalue weighted by molar-refractivity contribution is 5.78. The third-order valence-corrected chi connectivity index (χ3v) is 1.65. The highest BCUT2D eigenvalue weighted by atomic mass is 19.4. The Morgan fingerprint density at radius 2 is 1.75 bits per heavy atom. The van der Waals surface area contributed by atoms with Crippen molar-refractivity contribution in [1.82, 2.24) is 10.2 Å². The van der Waals surface area contributed by atoms with Crippen LogP contribution >= 0.6 is 0 Å². The van der Waals surface area contributed by atoms with Gasteiger partial charge in [-0.15, -0.1) is 13.2 Å². The number of rotatable bonds is 7. The SMILES string of the molecule is C=CCN(CC=C)C(=O)CNCC(F)(F)F. The van der Waals surface area contributed by atoms with Crippen molar-refractivity contribution in [2.24, 2.45) is 0 Å². The van der Waals surface area contributed by atoms with Gasteiger partial charge in [-0.3, -0.25) is 4.79 Å². The fourth-order valence-electron chi connectivity index (χ4n) is 1.01. The molecule has 0 aromatic heterocycles. The van der Waals surface area contributed by atoms with E-state index in [-0.39, 0.29) is 6.54 Å². The molecule has 92 valence electrons. The second-order valence-electron chi connectivity index (χ2n) is 3.09. The second kappa shape index (κ2) is 7.05. The summed E-state index contributed by atoms with van der Waals surface area (Å²) in [6.07, 6.45) is -1.29. The highest BCUT2D eigenvalue weighted by Crippen LogP contribution is 2.11. The minimum atomic E-state index is -4.30. The molecule has 0 saturated heterocycles. The molecule has 0 spiro atoms. The molecule has 0 saturated carbocycles. The van der Waals surface area contributed by atoms with Crippen molar-refractivity contribution in [3.8, 4) is 0 Å². The summed E-state index contributed by atoms with van der Waals surface area (Å²) >= 11 is 0. The van der Waals surface area contributed by atoms with Gasteiger partial charge >= 0.3 is 6.18 Å². The summed E-state index contributed by atoms with van der Waals surface area (Å²) in [4.78, 5) is 12.8. The van der Waals surface area contributed by atoms with E-state index >= 15 is 0 Å². The van der Waals surface area contributed by atoms with Gasteiger partial charge in [0.2, 0.25) is 5.91 Å². The van der Waals surface area contributed by atoms with Crippen molar-refractivity contribution in [2.75, 3.05) is 26.2 Å². The first-order valence-corrected chi connectivity index (χ1v) is 4.67. The van der Waals surface area contributed by atoms with Crippen LogP contribution in [0.2, 0.25) is 0 Å². The molecule has 3 nitrogen and oxygen atoms in total. The Kier molecular flexibility index (Phi) is 6.48. The van der Waals surface area contributed by atoms with Gasteiger partial charge in [0.1, 0.15) is 0 Å². The Labute approximate surface area is 92.6 Å². The van der Waals surface area contributed by atoms with Gasteiger partial charge in [0.05, 0.1) is 13.1 Å². The molecule has 1 amide bonds. The van der Waals surface area contributed by atoms with Crippen LogP contribution in [-0.2, 0) is 4.79 Å². The number of carbonyl (C=O) groups is 1. The summed E-state index contributed by atoms with van der Waals surface area (Å²) in [5, 5.41) is 2.04. The van der Waals surface area contributed by atoms with E-state index in [1.807, 2.05) is 5.32 Å². The minimum absolute atomic E-state index is 0.290. The number of halogens is 3. The Morgan fingerprint density at radius 1 is 1.25 bits per heavy atom. The van der Waals surface area contributed by atoms with E-state index in [1.54, 1.807) is 0 Å². The maximum atomic E-state index is 11.8. The Hall–Kier alpha value is -1.30. The zero-order chi connectivity index (χ0) is 12.6. The van der Waals surface area contributed by atoms with Gasteiger partial charge in [0.15, 0.2) is 0 Å². The first kappa shape index (κ1) is 14.7. The largest absolute Gasteiger partial charge is 0.401 e. The molecular formula is C10H15F3N2O. The molecule has 0 aromatic carbocycles. The van der Waals surface area contributed by atoms with Crippen LogP contribution in [0.4, 0.5) is 13.2 Å². The summed E-state index contributed by atoms with van der Waals surface area (Å²) < 4.78 is 35.4. The maximum Gasteiger partial charge on any atom is 0.401 e. The van der Waals surface area contributed by atoms with E-state index in [0.29, 0.717) is 13.1 Å². The van der Waals surface area contributed by atoms with Crippen molar-refractivity contribution in [3.05, 3.63) is 25.3 Å². The van der Waals surface area contributed by atoms with Crippen molar-refractivity contribution >= 4 is 5.91 Å². The van der Waals surface area contributed by atoms with Crippen LogP contribution in [0.1, 0.15) is 0 Å². The number of hydrogen-bond acceptors (Lipinski definition) is 2. The third kappa shape index (κ3) is 7.05. The molecule has 6 heteroatoms. The molecule has 0 unspecified atom stereocenters. The lowest BCUT2D eigenvalue weighted by molar-refractivity contribution is -0.133. The number of amides is 1. The summed E-state index contributed by atoms with van der Waals surface area (Å²) in [5.41, 5.74) is 0. The highest BCUT2D eigenvalue weighted by Gasteiger charge is 2.26. The topological polar surface area (TPSA) is 32.3 Å². The Balaban J connectivity index is 4.00. The van der Waals surface area contributed by atoms with E-state index in [9.17, 15) is 18.0 Å². The molecule has 0 radical (unpaired) electrons. The van der Waals surface area contributed by atoms with E-state index in [0.717, 1.165) is 0 Å². The van der Waals surface area contributed by atoms with Gasteiger partial charge in [-0.2, -0.15) is 13.2 Å². The molecule has 16 heavy (non-hydrogen) atoms. The molecule has 0 fully saturated rings. The van der Waals surface area contributed by atoms with Gasteiger partial charge in [-0.1, -0.05) is 12.2 Å². The quantitative estimate of drug-likeness (QED) is 0.676. The number of nitrogens with one attached hydrogen (secondary N) is 1. The van der Waals surface area contributed by atoms with E-state index in [2.05, 4.69) is 13.2 Å². The lowest BCUT2D eigenvalue weighted by atomic mass is 10.4. The first-order chi connectivity index (χ1) is 7.40. The standard InChI is InChI=1S/C10H15F3N2O/c1-3-5-15(6-4-2)9(16)7-14-8-10(11,12)13/h3-4,14H,1-2,5-8H2. The smallest absolute Gasteiger partial charge is 0.334 e. The summed E-state index contributed by atoms with van der Waals surface area (Å²) in [7, 11) is 0. The number of alkyl halides is 3. The molecule has 0 aliphatic carbocycles. The lowest BCUT2D eigenvalue weighted by Gasteiger charge is -2.19. The molecule has 1 N–H and O–H groups in total. The van der Waals surface area contributed by atoms with E-state index in [1.165, 1.54) is 17.1 Å². The molecule has 0 aliphatic rings. The monoisotopic (exact) mass is 236 g/mol. The van der Waals surface area contributed by atoms with Crippen LogP contribution in [0.5, 0.6) is 0 Å². The average molecular weight is 236 g/mol. The molecule has 0 atom stereocenters. The van der Waals surface area contributed by atoms with Crippen LogP contribution in [0.25, 0.3) is 0 Å². The van der Waals surface area contributed by atoms with E-state index < -0.39 is 18.6 Å². The number of hydrogen-bond donors (Lipinski definition) is 1. The average Bonchev–Trinajstić information content (AvgIpc) is 2.15. The molecule has 0 heterocycles.